The van der Waals surface area contributed by atoms with Gasteiger partial charge < -0.3 is 10.6 Å². The lowest BCUT2D eigenvalue weighted by Gasteiger charge is -2.22. The predicted octanol–water partition coefficient (Wildman–Crippen LogP) is 2.75. The molecule has 1 aromatic carbocycles. The average molecular weight is 342 g/mol. The summed E-state index contributed by atoms with van der Waals surface area (Å²) in [5.74, 6) is -0.149. The molecule has 1 aliphatic rings. The second kappa shape index (κ2) is 6.32. The zero-order valence-electron chi connectivity index (χ0n) is 11.1. The van der Waals surface area contributed by atoms with Gasteiger partial charge in [-0.2, -0.15) is 0 Å². The van der Waals surface area contributed by atoms with Gasteiger partial charge in [-0.15, -0.1) is 0 Å². The molecule has 2 rings (SSSR count). The van der Waals surface area contributed by atoms with Crippen molar-refractivity contribution in [2.45, 2.75) is 32.2 Å². The van der Waals surface area contributed by atoms with Crippen LogP contribution in [0.5, 0.6) is 0 Å². The first-order chi connectivity index (χ1) is 9.49. The number of hydrogen-bond acceptors (Lipinski definition) is 4. The van der Waals surface area contributed by atoms with Crippen LogP contribution < -0.4 is 10.6 Å². The number of carbonyl (C=O) groups excluding carboxylic acids is 1. The summed E-state index contributed by atoms with van der Waals surface area (Å²) in [6.07, 6.45) is 2.88. The van der Waals surface area contributed by atoms with Gasteiger partial charge in [0.05, 0.1) is 16.7 Å². The summed E-state index contributed by atoms with van der Waals surface area (Å²) >= 11 is 3.33. The molecule has 1 amide bonds. The Bertz CT molecular complexity index is 542. The Morgan fingerprint density at radius 3 is 2.85 bits per heavy atom. The van der Waals surface area contributed by atoms with Gasteiger partial charge in [-0.25, -0.2) is 0 Å². The summed E-state index contributed by atoms with van der Waals surface area (Å²) in [5.41, 5.74) is 0.982. The number of aryl methyl sites for hydroxylation is 1. The Kier molecular flexibility index (Phi) is 4.72. The number of piperidine rings is 1. The quantitative estimate of drug-likeness (QED) is 0.653. The zero-order valence-corrected chi connectivity index (χ0v) is 12.7. The third-order valence-electron chi connectivity index (χ3n) is 3.37. The van der Waals surface area contributed by atoms with Crippen molar-refractivity contribution in [1.29, 1.82) is 0 Å². The van der Waals surface area contributed by atoms with E-state index < -0.39 is 4.92 Å². The van der Waals surface area contributed by atoms with Gasteiger partial charge in [-0.05, 0) is 48.3 Å². The summed E-state index contributed by atoms with van der Waals surface area (Å²) in [7, 11) is 0. The van der Waals surface area contributed by atoms with Crippen LogP contribution in [0.3, 0.4) is 0 Å². The molecule has 0 saturated carbocycles. The molecule has 1 fully saturated rings. The van der Waals surface area contributed by atoms with E-state index >= 15 is 0 Å². The van der Waals surface area contributed by atoms with Crippen LogP contribution in [0.25, 0.3) is 0 Å². The molecule has 1 heterocycles. The minimum absolute atomic E-state index is 0.0000957. The van der Waals surface area contributed by atoms with Crippen molar-refractivity contribution >= 4 is 33.2 Å². The predicted molar refractivity (Wildman–Crippen MR) is 79.8 cm³/mol. The first kappa shape index (κ1) is 14.9. The highest BCUT2D eigenvalue weighted by Crippen LogP contribution is 2.30. The second-order valence-electron chi connectivity index (χ2n) is 4.87. The maximum Gasteiger partial charge on any atom is 0.274 e. The minimum atomic E-state index is -0.448. The second-order valence-corrected chi connectivity index (χ2v) is 5.72. The maximum absolute atomic E-state index is 12.1. The van der Waals surface area contributed by atoms with E-state index in [-0.39, 0.29) is 17.6 Å². The third-order valence-corrected chi connectivity index (χ3v) is 4.02. The summed E-state index contributed by atoms with van der Waals surface area (Å²) in [6, 6.07) is 2.80. The van der Waals surface area contributed by atoms with Gasteiger partial charge in [0, 0.05) is 16.1 Å². The number of hydrogen-bond donors (Lipinski definition) is 2. The Labute approximate surface area is 125 Å². The molecule has 20 heavy (non-hydrogen) atoms. The van der Waals surface area contributed by atoms with E-state index in [1.54, 1.807) is 13.0 Å². The highest BCUT2D eigenvalue weighted by molar-refractivity contribution is 9.10. The summed E-state index contributed by atoms with van der Waals surface area (Å²) in [6.45, 7) is 2.49. The van der Waals surface area contributed by atoms with Gasteiger partial charge in [0.25, 0.3) is 5.69 Å². The van der Waals surface area contributed by atoms with Crippen LogP contribution in [-0.4, -0.2) is 23.4 Å². The first-order valence-electron chi connectivity index (χ1n) is 6.48. The lowest BCUT2D eigenvalue weighted by atomic mass is 10.0. The van der Waals surface area contributed by atoms with Crippen molar-refractivity contribution in [2.24, 2.45) is 0 Å². The van der Waals surface area contributed by atoms with Gasteiger partial charge in [0.1, 0.15) is 0 Å². The maximum atomic E-state index is 12.1. The molecule has 1 atom stereocenters. The highest BCUT2D eigenvalue weighted by Gasteiger charge is 2.22. The molecule has 0 bridgehead atoms. The monoisotopic (exact) mass is 341 g/mol. The molecule has 7 heteroatoms. The number of halogens is 1. The van der Waals surface area contributed by atoms with Gasteiger partial charge in [0.15, 0.2) is 0 Å². The fraction of sp³-hybridized carbons (Fsp3) is 0.462. The molecule has 2 N–H and O–H groups in total. The van der Waals surface area contributed by atoms with E-state index in [2.05, 4.69) is 26.6 Å². The van der Waals surface area contributed by atoms with E-state index in [0.717, 1.165) is 25.8 Å². The van der Waals surface area contributed by atoms with Gasteiger partial charge in [0.2, 0.25) is 5.91 Å². The lowest BCUT2D eigenvalue weighted by Crippen LogP contribution is -2.43. The molecule has 0 radical (unpaired) electrons. The number of carbonyl (C=O) groups is 1. The molecule has 1 aromatic rings. The molecular formula is C13H16BrN3O3. The van der Waals surface area contributed by atoms with Gasteiger partial charge >= 0.3 is 0 Å². The van der Waals surface area contributed by atoms with Crippen molar-refractivity contribution in [2.75, 3.05) is 11.9 Å². The summed E-state index contributed by atoms with van der Waals surface area (Å²) in [4.78, 5) is 22.6. The number of anilines is 1. The van der Waals surface area contributed by atoms with Crippen molar-refractivity contribution in [3.8, 4) is 0 Å². The van der Waals surface area contributed by atoms with Crippen LogP contribution in [0.15, 0.2) is 16.6 Å². The van der Waals surface area contributed by atoms with Gasteiger partial charge in [-0.1, -0.05) is 6.42 Å². The number of rotatable bonds is 3. The highest BCUT2D eigenvalue weighted by atomic mass is 79.9. The van der Waals surface area contributed by atoms with E-state index in [1.807, 2.05) is 0 Å². The van der Waals surface area contributed by atoms with Crippen LogP contribution >= 0.6 is 15.9 Å². The fourth-order valence-electron chi connectivity index (χ4n) is 2.25. The molecular weight excluding hydrogens is 326 g/mol. The van der Waals surface area contributed by atoms with E-state index in [4.69, 9.17) is 0 Å². The molecule has 1 saturated heterocycles. The molecule has 0 aromatic heterocycles. The molecule has 0 unspecified atom stereocenters. The Hall–Kier alpha value is -1.47. The average Bonchev–Trinajstić information content (AvgIpc) is 2.42. The topological polar surface area (TPSA) is 84.3 Å². The van der Waals surface area contributed by atoms with Crippen molar-refractivity contribution in [1.82, 2.24) is 5.32 Å². The number of nitro groups is 1. The number of amides is 1. The Morgan fingerprint density at radius 1 is 1.50 bits per heavy atom. The Morgan fingerprint density at radius 2 is 2.25 bits per heavy atom. The minimum Gasteiger partial charge on any atom is -0.323 e. The molecule has 108 valence electrons. The summed E-state index contributed by atoms with van der Waals surface area (Å²) < 4.78 is 0.643. The van der Waals surface area contributed by atoms with Crippen LogP contribution in [0.4, 0.5) is 11.4 Å². The molecule has 6 nitrogen and oxygen atoms in total. The number of nitrogens with zero attached hydrogens (tertiary/aromatic N) is 1. The normalized spacial score (nSPS) is 18.6. The van der Waals surface area contributed by atoms with Crippen molar-refractivity contribution < 1.29 is 9.72 Å². The zero-order chi connectivity index (χ0) is 14.7. The van der Waals surface area contributed by atoms with Gasteiger partial charge in [-0.3, -0.25) is 14.9 Å². The largest absolute Gasteiger partial charge is 0.323 e. The van der Waals surface area contributed by atoms with Crippen LogP contribution in [-0.2, 0) is 4.79 Å². The van der Waals surface area contributed by atoms with Crippen LogP contribution in [0.1, 0.15) is 24.8 Å². The first-order valence-corrected chi connectivity index (χ1v) is 7.27. The SMILES string of the molecule is Cc1cc(Br)c(NC(=O)[C@H]2CCCCN2)cc1[N+](=O)[O-]. The molecule has 1 aliphatic heterocycles. The fourth-order valence-corrected chi connectivity index (χ4v) is 2.81. The number of nitro benzene ring substituents is 1. The Balaban J connectivity index is 2.18. The lowest BCUT2D eigenvalue weighted by molar-refractivity contribution is -0.385. The van der Waals surface area contributed by atoms with Crippen molar-refractivity contribution in [3.05, 3.63) is 32.3 Å². The third kappa shape index (κ3) is 3.34. The molecule has 0 aliphatic carbocycles. The number of nitrogens with one attached hydrogen (secondary N) is 2. The number of benzene rings is 1. The smallest absolute Gasteiger partial charge is 0.274 e. The van der Waals surface area contributed by atoms with E-state index in [1.165, 1.54) is 6.07 Å². The molecule has 0 spiro atoms. The standard InChI is InChI=1S/C13H16BrN3O3/c1-8-6-9(14)11(7-12(8)17(19)20)16-13(18)10-4-2-3-5-15-10/h6-7,10,15H,2-5H2,1H3,(H,16,18)/t10-/m1/s1. The van der Waals surface area contributed by atoms with Crippen molar-refractivity contribution in [3.63, 3.8) is 0 Å². The van der Waals surface area contributed by atoms with E-state index in [9.17, 15) is 14.9 Å². The van der Waals surface area contributed by atoms with Crippen LogP contribution in [0.2, 0.25) is 0 Å². The van der Waals surface area contributed by atoms with E-state index in [0.29, 0.717) is 15.7 Å². The summed E-state index contributed by atoms with van der Waals surface area (Å²) in [5, 5.41) is 16.8. The van der Waals surface area contributed by atoms with Crippen LogP contribution in [0, 0.1) is 17.0 Å².